The molecule has 0 saturated carbocycles. The fraction of sp³-hybridized carbons (Fsp3) is 0.273. The van der Waals surface area contributed by atoms with Gasteiger partial charge in [-0.05, 0) is 11.1 Å². The van der Waals surface area contributed by atoms with Crippen LogP contribution < -0.4 is 5.32 Å². The van der Waals surface area contributed by atoms with E-state index in [0.717, 1.165) is 5.56 Å². The highest BCUT2D eigenvalue weighted by molar-refractivity contribution is 5.80. The van der Waals surface area contributed by atoms with Crippen molar-refractivity contribution in [3.63, 3.8) is 0 Å². The second kappa shape index (κ2) is 7.57. The summed E-state index contributed by atoms with van der Waals surface area (Å²) in [7, 11) is 0. The molecule has 1 aromatic rings. The number of carboxylic acids is 1. The summed E-state index contributed by atoms with van der Waals surface area (Å²) in [6.45, 7) is -0.486. The fourth-order valence-corrected chi connectivity index (χ4v) is 1.35. The van der Waals surface area contributed by atoms with Gasteiger partial charge in [-0.2, -0.15) is 0 Å². The van der Waals surface area contributed by atoms with Crippen LogP contribution in [0.3, 0.4) is 0 Å². The van der Waals surface area contributed by atoms with Gasteiger partial charge >= 0.3 is 12.1 Å². The molecule has 1 aromatic carbocycles. The van der Waals surface area contributed by atoms with Crippen LogP contribution in [0.25, 0.3) is 10.4 Å². The lowest BCUT2D eigenvalue weighted by Crippen LogP contribution is -2.42. The highest BCUT2D eigenvalue weighted by atomic mass is 16.6. The number of hydrogen-bond donors (Lipinski definition) is 2. The van der Waals surface area contributed by atoms with E-state index < -0.39 is 24.8 Å². The molecule has 0 fully saturated rings. The summed E-state index contributed by atoms with van der Waals surface area (Å²) in [5.41, 5.74) is 8.77. The molecule has 0 heterocycles. The Hall–Kier alpha value is -2.73. The lowest BCUT2D eigenvalue weighted by atomic mass is 10.1. The first kappa shape index (κ1) is 14.3. The van der Waals surface area contributed by atoms with E-state index >= 15 is 0 Å². The smallest absolute Gasteiger partial charge is 0.407 e. The number of carbonyl (C=O) groups is 2. The number of rotatable bonds is 6. The minimum Gasteiger partial charge on any atom is -0.480 e. The quantitative estimate of drug-likeness (QED) is 0.460. The van der Waals surface area contributed by atoms with Crippen LogP contribution in [-0.2, 0) is 16.0 Å². The third kappa shape index (κ3) is 5.42. The van der Waals surface area contributed by atoms with Gasteiger partial charge < -0.3 is 15.2 Å². The maximum atomic E-state index is 11.2. The number of ether oxygens (including phenoxy) is 1. The molecule has 0 aromatic heterocycles. The van der Waals surface area contributed by atoms with E-state index in [1.165, 1.54) is 0 Å². The molecule has 0 aliphatic rings. The summed E-state index contributed by atoms with van der Waals surface area (Å²) in [5, 5.41) is 14.2. The van der Waals surface area contributed by atoms with Gasteiger partial charge in [-0.25, -0.2) is 9.59 Å². The molecule has 0 unspecified atom stereocenters. The topological polar surface area (TPSA) is 124 Å². The maximum absolute atomic E-state index is 11.2. The number of carbonyl (C=O) groups excluding carboxylic acids is 1. The highest BCUT2D eigenvalue weighted by Crippen LogP contribution is 2.03. The second-order valence-corrected chi connectivity index (χ2v) is 3.52. The van der Waals surface area contributed by atoms with Crippen LogP contribution in [0.2, 0.25) is 0 Å². The SMILES string of the molecule is [N-]=[N+]=NCOC(=O)N[C@@H](Cc1ccccc1)C(=O)O. The van der Waals surface area contributed by atoms with E-state index in [0.29, 0.717) is 0 Å². The van der Waals surface area contributed by atoms with Crippen LogP contribution in [0.5, 0.6) is 0 Å². The monoisotopic (exact) mass is 264 g/mol. The Morgan fingerprint density at radius 3 is 2.68 bits per heavy atom. The Balaban J connectivity index is 2.56. The molecule has 0 bridgehead atoms. The number of alkyl carbamates (subject to hydrolysis) is 1. The van der Waals surface area contributed by atoms with Crippen LogP contribution in [0.15, 0.2) is 35.4 Å². The minimum absolute atomic E-state index is 0.132. The van der Waals surface area contributed by atoms with Gasteiger partial charge in [0.2, 0.25) is 0 Å². The normalized spacial score (nSPS) is 10.9. The molecule has 100 valence electrons. The standard InChI is InChI=1S/C11H12N4O4/c12-15-13-7-19-11(18)14-9(10(16)17)6-8-4-2-1-3-5-8/h1-5,9H,6-7H2,(H,14,18)(H,16,17)/t9-/m0/s1. The Bertz CT molecular complexity index is 485. The highest BCUT2D eigenvalue weighted by Gasteiger charge is 2.20. The van der Waals surface area contributed by atoms with Crippen molar-refractivity contribution in [1.29, 1.82) is 0 Å². The van der Waals surface area contributed by atoms with Crippen LogP contribution in [0.1, 0.15) is 5.56 Å². The first-order valence-electron chi connectivity index (χ1n) is 5.34. The summed E-state index contributed by atoms with van der Waals surface area (Å²) < 4.78 is 4.47. The fourth-order valence-electron chi connectivity index (χ4n) is 1.35. The van der Waals surface area contributed by atoms with Gasteiger partial charge in [-0.1, -0.05) is 35.4 Å². The lowest BCUT2D eigenvalue weighted by Gasteiger charge is -2.13. The summed E-state index contributed by atoms with van der Waals surface area (Å²) in [6, 6.07) is 7.75. The summed E-state index contributed by atoms with van der Waals surface area (Å²) in [5.74, 6) is -1.18. The Labute approximate surface area is 108 Å². The summed E-state index contributed by atoms with van der Waals surface area (Å²) >= 11 is 0. The molecule has 0 radical (unpaired) electrons. The lowest BCUT2D eigenvalue weighted by molar-refractivity contribution is -0.139. The van der Waals surface area contributed by atoms with Gasteiger partial charge in [-0.15, -0.1) is 0 Å². The number of hydrogen-bond acceptors (Lipinski definition) is 4. The van der Waals surface area contributed by atoms with Gasteiger partial charge in [0.1, 0.15) is 6.04 Å². The maximum Gasteiger partial charge on any atom is 0.407 e. The molecule has 0 spiro atoms. The van der Waals surface area contributed by atoms with E-state index in [-0.39, 0.29) is 6.42 Å². The zero-order valence-corrected chi connectivity index (χ0v) is 9.89. The Morgan fingerprint density at radius 1 is 1.42 bits per heavy atom. The van der Waals surface area contributed by atoms with E-state index in [4.69, 9.17) is 10.6 Å². The molecule has 0 aliphatic heterocycles. The van der Waals surface area contributed by atoms with Crippen molar-refractivity contribution in [2.24, 2.45) is 5.11 Å². The molecule has 0 aliphatic carbocycles. The molecule has 0 saturated heterocycles. The summed E-state index contributed by atoms with van der Waals surface area (Å²) in [4.78, 5) is 24.7. The summed E-state index contributed by atoms with van der Waals surface area (Å²) in [6.07, 6.45) is -0.817. The van der Waals surface area contributed by atoms with Crippen molar-refractivity contribution < 1.29 is 19.4 Å². The first-order valence-corrected chi connectivity index (χ1v) is 5.34. The van der Waals surface area contributed by atoms with E-state index in [1.54, 1.807) is 30.3 Å². The molecule has 8 heteroatoms. The number of nitrogens with zero attached hydrogens (tertiary/aromatic N) is 3. The molecule has 1 atom stereocenters. The molecular weight excluding hydrogens is 252 g/mol. The third-order valence-corrected chi connectivity index (χ3v) is 2.19. The predicted octanol–water partition coefficient (Wildman–Crippen LogP) is 1.68. The largest absolute Gasteiger partial charge is 0.480 e. The van der Waals surface area contributed by atoms with Crippen LogP contribution in [0, 0.1) is 0 Å². The number of aliphatic carboxylic acids is 1. The number of benzene rings is 1. The number of nitrogens with one attached hydrogen (secondary N) is 1. The van der Waals surface area contributed by atoms with Crippen molar-refractivity contribution in [3.05, 3.63) is 46.3 Å². The van der Waals surface area contributed by atoms with Crippen molar-refractivity contribution in [1.82, 2.24) is 5.32 Å². The minimum atomic E-state index is -1.18. The van der Waals surface area contributed by atoms with E-state index in [1.807, 2.05) is 0 Å². The molecule has 19 heavy (non-hydrogen) atoms. The van der Waals surface area contributed by atoms with Gasteiger partial charge in [-0.3, -0.25) is 0 Å². The van der Waals surface area contributed by atoms with Crippen LogP contribution >= 0.6 is 0 Å². The van der Waals surface area contributed by atoms with Gasteiger partial charge in [0, 0.05) is 11.3 Å². The molecule has 2 N–H and O–H groups in total. The Kier molecular flexibility index (Phi) is 5.71. The van der Waals surface area contributed by atoms with E-state index in [2.05, 4.69) is 20.1 Å². The van der Waals surface area contributed by atoms with Crippen molar-refractivity contribution in [2.75, 3.05) is 6.73 Å². The zero-order chi connectivity index (χ0) is 14.1. The molecule has 8 nitrogen and oxygen atoms in total. The van der Waals surface area contributed by atoms with Crippen molar-refractivity contribution in [2.45, 2.75) is 12.5 Å². The predicted molar refractivity (Wildman–Crippen MR) is 65.2 cm³/mol. The van der Waals surface area contributed by atoms with Gasteiger partial charge in [0.25, 0.3) is 0 Å². The zero-order valence-electron chi connectivity index (χ0n) is 9.89. The number of amides is 1. The third-order valence-electron chi connectivity index (χ3n) is 2.19. The van der Waals surface area contributed by atoms with Crippen molar-refractivity contribution in [3.8, 4) is 0 Å². The first-order chi connectivity index (χ1) is 9.13. The number of azide groups is 1. The van der Waals surface area contributed by atoms with Crippen LogP contribution in [-0.4, -0.2) is 29.9 Å². The average Bonchev–Trinajstić information content (AvgIpc) is 2.39. The molecule has 1 rings (SSSR count). The van der Waals surface area contributed by atoms with Crippen LogP contribution in [0.4, 0.5) is 4.79 Å². The number of carboxylic acid groups (broad SMARTS) is 1. The molecular formula is C11H12N4O4. The van der Waals surface area contributed by atoms with Gasteiger partial charge in [0.15, 0.2) is 6.73 Å². The molecule has 1 amide bonds. The van der Waals surface area contributed by atoms with Crippen molar-refractivity contribution >= 4 is 12.1 Å². The second-order valence-electron chi connectivity index (χ2n) is 3.52. The van der Waals surface area contributed by atoms with E-state index in [9.17, 15) is 9.59 Å². The average molecular weight is 264 g/mol. The van der Waals surface area contributed by atoms with Gasteiger partial charge in [0.05, 0.1) is 0 Å². The Morgan fingerprint density at radius 2 is 2.11 bits per heavy atom.